The van der Waals surface area contributed by atoms with E-state index in [9.17, 15) is 14.0 Å². The number of hydrogen-bond acceptors (Lipinski definition) is 8. The standard InChI is InChI=1S/C20H21FN8O3/c21-13-7-24-18-16(17(22)26-29(18)9-13)19(30)25-14-8-23-2-1-15(14)27-3-5-28(6-4-27)20(31)12-10-32-11-12/h1-2,7-9,12H,3-6,10-11H2,(H2,22,26)(H,25,30). The number of carbonyl (C=O) groups is 2. The van der Waals surface area contributed by atoms with E-state index in [1.165, 1.54) is 0 Å². The molecule has 2 amide bonds. The molecule has 0 aliphatic carbocycles. The highest BCUT2D eigenvalue weighted by Gasteiger charge is 2.32. The first-order chi connectivity index (χ1) is 15.5. The van der Waals surface area contributed by atoms with Gasteiger partial charge in [0.15, 0.2) is 17.3 Å². The van der Waals surface area contributed by atoms with E-state index in [1.54, 1.807) is 18.5 Å². The van der Waals surface area contributed by atoms with Crippen molar-refractivity contribution in [3.8, 4) is 0 Å². The number of fused-ring (bicyclic) bond motifs is 1. The summed E-state index contributed by atoms with van der Waals surface area (Å²) in [6, 6.07) is 1.81. The van der Waals surface area contributed by atoms with Crippen LogP contribution < -0.4 is 16.0 Å². The highest BCUT2D eigenvalue weighted by molar-refractivity contribution is 6.12. The number of pyridine rings is 1. The molecule has 0 aromatic carbocycles. The van der Waals surface area contributed by atoms with E-state index < -0.39 is 11.7 Å². The van der Waals surface area contributed by atoms with Gasteiger partial charge in [0.05, 0.1) is 49.1 Å². The summed E-state index contributed by atoms with van der Waals surface area (Å²) in [4.78, 5) is 37.4. The Labute approximate surface area is 182 Å². The first kappa shape index (κ1) is 20.1. The fourth-order valence-electron chi connectivity index (χ4n) is 3.90. The Morgan fingerprint density at radius 3 is 2.69 bits per heavy atom. The van der Waals surface area contributed by atoms with Gasteiger partial charge in [0, 0.05) is 32.4 Å². The minimum atomic E-state index is -0.594. The van der Waals surface area contributed by atoms with Crippen LogP contribution in [0.5, 0.6) is 0 Å². The fourth-order valence-corrected chi connectivity index (χ4v) is 3.90. The van der Waals surface area contributed by atoms with Crippen LogP contribution in [0.25, 0.3) is 5.65 Å². The molecule has 5 heterocycles. The first-order valence-corrected chi connectivity index (χ1v) is 10.2. The number of aromatic nitrogens is 4. The quantitative estimate of drug-likeness (QED) is 0.596. The molecule has 0 saturated carbocycles. The Hall–Kier alpha value is -3.80. The van der Waals surface area contributed by atoms with Crippen LogP contribution in [0, 0.1) is 11.7 Å². The Kier molecular flexibility index (Phi) is 5.05. The lowest BCUT2D eigenvalue weighted by Gasteiger charge is -2.39. The molecule has 166 valence electrons. The summed E-state index contributed by atoms with van der Waals surface area (Å²) in [5, 5.41) is 6.78. The van der Waals surface area contributed by atoms with E-state index in [0.29, 0.717) is 45.1 Å². The summed E-state index contributed by atoms with van der Waals surface area (Å²) < 4.78 is 19.7. The predicted molar refractivity (Wildman–Crippen MR) is 113 cm³/mol. The summed E-state index contributed by atoms with van der Waals surface area (Å²) in [5.74, 6) is -1.07. The van der Waals surface area contributed by atoms with Crippen LogP contribution in [0.2, 0.25) is 0 Å². The van der Waals surface area contributed by atoms with Crippen LogP contribution in [0.15, 0.2) is 30.9 Å². The smallest absolute Gasteiger partial charge is 0.263 e. The average molecular weight is 440 g/mol. The lowest BCUT2D eigenvalue weighted by Crippen LogP contribution is -2.53. The van der Waals surface area contributed by atoms with Crippen molar-refractivity contribution in [2.75, 3.05) is 55.3 Å². The number of nitrogens with one attached hydrogen (secondary N) is 1. The van der Waals surface area contributed by atoms with E-state index in [2.05, 4.69) is 25.3 Å². The summed E-state index contributed by atoms with van der Waals surface area (Å²) in [6.07, 6.45) is 5.29. The molecule has 5 rings (SSSR count). The van der Waals surface area contributed by atoms with E-state index in [4.69, 9.17) is 10.5 Å². The van der Waals surface area contributed by atoms with Crippen molar-refractivity contribution in [2.24, 2.45) is 5.92 Å². The molecular formula is C20H21FN8O3. The van der Waals surface area contributed by atoms with Gasteiger partial charge in [0.2, 0.25) is 5.91 Å². The van der Waals surface area contributed by atoms with Gasteiger partial charge in [-0.05, 0) is 6.07 Å². The Morgan fingerprint density at radius 2 is 1.97 bits per heavy atom. The van der Waals surface area contributed by atoms with Gasteiger partial charge in [-0.3, -0.25) is 14.6 Å². The maximum Gasteiger partial charge on any atom is 0.263 e. The molecule has 0 bridgehead atoms. The molecule has 2 saturated heterocycles. The number of nitrogens with zero attached hydrogens (tertiary/aromatic N) is 6. The number of piperazine rings is 1. The number of nitrogens with two attached hydrogens (primary N) is 1. The van der Waals surface area contributed by atoms with Gasteiger partial charge in [0.25, 0.3) is 5.91 Å². The second-order valence-electron chi connectivity index (χ2n) is 7.69. The molecule has 11 nitrogen and oxygen atoms in total. The number of ether oxygens (including phenoxy) is 1. The molecule has 0 atom stereocenters. The van der Waals surface area contributed by atoms with E-state index in [0.717, 1.165) is 22.6 Å². The van der Waals surface area contributed by atoms with Crippen LogP contribution >= 0.6 is 0 Å². The zero-order valence-electron chi connectivity index (χ0n) is 17.1. The van der Waals surface area contributed by atoms with Gasteiger partial charge in [-0.15, -0.1) is 5.10 Å². The van der Waals surface area contributed by atoms with Crippen molar-refractivity contribution in [1.29, 1.82) is 0 Å². The number of carbonyl (C=O) groups excluding carboxylic acids is 2. The van der Waals surface area contributed by atoms with Crippen molar-refractivity contribution in [1.82, 2.24) is 24.5 Å². The van der Waals surface area contributed by atoms with Crippen molar-refractivity contribution < 1.29 is 18.7 Å². The Bertz CT molecular complexity index is 1190. The Balaban J connectivity index is 1.33. The molecule has 32 heavy (non-hydrogen) atoms. The van der Waals surface area contributed by atoms with Crippen LogP contribution in [-0.4, -0.2) is 75.7 Å². The fraction of sp³-hybridized carbons (Fsp3) is 0.350. The summed E-state index contributed by atoms with van der Waals surface area (Å²) >= 11 is 0. The predicted octanol–water partition coefficient (Wildman–Crippen LogP) is 0.393. The topological polar surface area (TPSA) is 131 Å². The lowest BCUT2D eigenvalue weighted by molar-refractivity contribution is -0.150. The molecular weight excluding hydrogens is 419 g/mol. The van der Waals surface area contributed by atoms with Gasteiger partial charge in [-0.1, -0.05) is 0 Å². The molecule has 3 aromatic heterocycles. The number of rotatable bonds is 4. The number of nitrogen functional groups attached to an aromatic ring is 1. The van der Waals surface area contributed by atoms with Crippen molar-refractivity contribution >= 4 is 34.7 Å². The first-order valence-electron chi connectivity index (χ1n) is 10.2. The zero-order valence-corrected chi connectivity index (χ0v) is 17.1. The van der Waals surface area contributed by atoms with Crippen molar-refractivity contribution in [2.45, 2.75) is 0 Å². The average Bonchev–Trinajstić information content (AvgIpc) is 3.08. The van der Waals surface area contributed by atoms with Crippen LogP contribution in [0.1, 0.15) is 10.4 Å². The van der Waals surface area contributed by atoms with Gasteiger partial charge in [0.1, 0.15) is 5.56 Å². The van der Waals surface area contributed by atoms with Gasteiger partial charge in [-0.2, -0.15) is 0 Å². The van der Waals surface area contributed by atoms with E-state index >= 15 is 0 Å². The maximum absolute atomic E-state index is 13.4. The monoisotopic (exact) mass is 440 g/mol. The number of anilines is 3. The third kappa shape index (κ3) is 3.58. The third-order valence-corrected chi connectivity index (χ3v) is 5.66. The summed E-state index contributed by atoms with van der Waals surface area (Å²) in [7, 11) is 0. The van der Waals surface area contributed by atoms with Crippen LogP contribution in [0.3, 0.4) is 0 Å². The number of halogens is 1. The SMILES string of the molecule is Nc1nn2cc(F)cnc2c1C(=O)Nc1cnccc1N1CCN(C(=O)C2COC2)CC1. The number of hydrogen-bond donors (Lipinski definition) is 2. The van der Waals surface area contributed by atoms with Gasteiger partial charge >= 0.3 is 0 Å². The highest BCUT2D eigenvalue weighted by Crippen LogP contribution is 2.28. The molecule has 2 fully saturated rings. The van der Waals surface area contributed by atoms with Gasteiger partial charge < -0.3 is 25.6 Å². The molecule has 3 aromatic rings. The second kappa shape index (κ2) is 8.04. The van der Waals surface area contributed by atoms with Crippen LogP contribution in [0.4, 0.5) is 21.6 Å². The van der Waals surface area contributed by atoms with Crippen molar-refractivity contribution in [3.05, 3.63) is 42.2 Å². The van der Waals surface area contributed by atoms with Crippen molar-refractivity contribution in [3.63, 3.8) is 0 Å². The summed E-state index contributed by atoms with van der Waals surface area (Å²) in [5.41, 5.74) is 7.37. The molecule has 2 aliphatic heterocycles. The molecule has 0 radical (unpaired) electrons. The molecule has 0 unspecified atom stereocenters. The van der Waals surface area contributed by atoms with E-state index in [1.807, 2.05) is 4.90 Å². The van der Waals surface area contributed by atoms with E-state index in [-0.39, 0.29) is 28.9 Å². The van der Waals surface area contributed by atoms with Crippen LogP contribution in [-0.2, 0) is 9.53 Å². The minimum Gasteiger partial charge on any atom is -0.381 e. The molecule has 2 aliphatic rings. The normalized spacial score (nSPS) is 16.8. The summed E-state index contributed by atoms with van der Waals surface area (Å²) in [6.45, 7) is 3.39. The zero-order chi connectivity index (χ0) is 22.2. The molecule has 0 spiro atoms. The third-order valence-electron chi connectivity index (χ3n) is 5.66. The lowest BCUT2D eigenvalue weighted by atomic mass is 10.1. The maximum atomic E-state index is 13.4. The molecule has 12 heteroatoms. The highest BCUT2D eigenvalue weighted by atomic mass is 19.1. The minimum absolute atomic E-state index is 0.0317. The van der Waals surface area contributed by atoms with Gasteiger partial charge in [-0.25, -0.2) is 13.9 Å². The Morgan fingerprint density at radius 1 is 1.19 bits per heavy atom. The largest absolute Gasteiger partial charge is 0.381 e. The second-order valence-corrected chi connectivity index (χ2v) is 7.69. The number of amides is 2. The molecule has 3 N–H and O–H groups in total.